The van der Waals surface area contributed by atoms with Crippen molar-refractivity contribution in [2.24, 2.45) is 5.73 Å². The molecule has 1 aromatic heterocycles. The first-order chi connectivity index (χ1) is 27.5. The van der Waals surface area contributed by atoms with E-state index >= 15 is 0 Å². The molecule has 1 aromatic rings. The minimum Gasteiger partial charge on any atom is -0.466 e. The number of allylic oxidation sites excluding steroid dienone is 7. The van der Waals surface area contributed by atoms with Crippen LogP contribution in [0.25, 0.3) is 0 Å². The Balaban J connectivity index is 2.34. The topological polar surface area (TPSA) is 168 Å². The van der Waals surface area contributed by atoms with Crippen molar-refractivity contribution in [1.29, 1.82) is 0 Å². The molecule has 4 N–H and O–H groups in total. The second-order valence-electron chi connectivity index (χ2n) is 14.6. The number of carbonyl (C=O) groups is 2. The number of hydrogen-bond acceptors (Lipinski definition) is 10. The third-order valence-corrected chi connectivity index (χ3v) is 10.5. The van der Waals surface area contributed by atoms with Crippen LogP contribution in [0.5, 0.6) is 0 Å². The molecular formula is C45H76NO10P. The number of phosphoric acid groups is 1. The number of aliphatic hydroxyl groups excluding tert-OH is 1. The van der Waals surface area contributed by atoms with Crippen LogP contribution in [0.3, 0.4) is 0 Å². The van der Waals surface area contributed by atoms with Crippen LogP contribution in [0.15, 0.2) is 53.0 Å². The molecule has 1 rings (SSSR count). The molecule has 12 heteroatoms. The summed E-state index contributed by atoms with van der Waals surface area (Å²) in [7, 11) is -4.44. The molecule has 0 aliphatic heterocycles. The number of aryl methyl sites for hydroxylation is 2. The fourth-order valence-corrected chi connectivity index (χ4v) is 6.78. The molecule has 0 radical (unpaired) electrons. The lowest BCUT2D eigenvalue weighted by molar-refractivity contribution is -0.161. The minimum absolute atomic E-state index is 0.00722. The zero-order valence-corrected chi connectivity index (χ0v) is 36.5. The van der Waals surface area contributed by atoms with Gasteiger partial charge in [-0.2, -0.15) is 0 Å². The summed E-state index contributed by atoms with van der Waals surface area (Å²) in [4.78, 5) is 35.0. The van der Waals surface area contributed by atoms with Crippen molar-refractivity contribution in [2.75, 3.05) is 26.4 Å². The summed E-state index contributed by atoms with van der Waals surface area (Å²) in [6, 6.07) is 0. The van der Waals surface area contributed by atoms with Crippen LogP contribution < -0.4 is 5.73 Å². The van der Waals surface area contributed by atoms with Crippen molar-refractivity contribution in [3.8, 4) is 0 Å². The maximum Gasteiger partial charge on any atom is 0.472 e. The number of carbonyl (C=O) groups excluding carboxylic acids is 2. The summed E-state index contributed by atoms with van der Waals surface area (Å²) in [5, 5.41) is 10.3. The summed E-state index contributed by atoms with van der Waals surface area (Å²) >= 11 is 0. The number of hydrogen-bond donors (Lipinski definition) is 3. The predicted molar refractivity (Wildman–Crippen MR) is 229 cm³/mol. The number of unbranched alkanes of at least 4 members (excludes halogenated alkanes) is 10. The third-order valence-electron chi connectivity index (χ3n) is 9.49. The van der Waals surface area contributed by atoms with E-state index in [-0.39, 0.29) is 32.6 Å². The smallest absolute Gasteiger partial charge is 0.466 e. The van der Waals surface area contributed by atoms with Crippen LogP contribution in [0.4, 0.5) is 0 Å². The van der Waals surface area contributed by atoms with Gasteiger partial charge in [0, 0.05) is 32.2 Å². The van der Waals surface area contributed by atoms with Crippen LogP contribution >= 0.6 is 7.82 Å². The monoisotopic (exact) mass is 822 g/mol. The van der Waals surface area contributed by atoms with Crippen molar-refractivity contribution in [3.05, 3.63) is 71.3 Å². The Hall–Kier alpha value is -2.79. The Morgan fingerprint density at radius 1 is 0.737 bits per heavy atom. The molecule has 0 aliphatic rings. The van der Waals surface area contributed by atoms with Gasteiger partial charge in [0.25, 0.3) is 0 Å². The maximum absolute atomic E-state index is 12.6. The van der Waals surface area contributed by atoms with Crippen LogP contribution in [0.1, 0.15) is 158 Å². The van der Waals surface area contributed by atoms with E-state index in [0.717, 1.165) is 82.1 Å². The Labute approximate surface area is 344 Å². The van der Waals surface area contributed by atoms with Crippen molar-refractivity contribution in [2.45, 2.75) is 175 Å². The van der Waals surface area contributed by atoms with Gasteiger partial charge in [0.2, 0.25) is 0 Å². The molecule has 0 spiro atoms. The summed E-state index contributed by atoms with van der Waals surface area (Å²) in [5.74, 6) is 1.22. The molecule has 0 bridgehead atoms. The third kappa shape index (κ3) is 28.3. The number of aliphatic hydroxyl groups is 1. The second kappa shape index (κ2) is 34.1. The minimum atomic E-state index is -4.44. The van der Waals surface area contributed by atoms with Crippen LogP contribution in [-0.2, 0) is 45.5 Å². The molecule has 0 amide bonds. The number of furan rings is 1. The highest BCUT2D eigenvalue weighted by Crippen LogP contribution is 2.43. The van der Waals surface area contributed by atoms with Crippen molar-refractivity contribution >= 4 is 19.8 Å². The van der Waals surface area contributed by atoms with Crippen molar-refractivity contribution in [3.63, 3.8) is 0 Å². The van der Waals surface area contributed by atoms with Gasteiger partial charge in [-0.1, -0.05) is 114 Å². The highest BCUT2D eigenvalue weighted by atomic mass is 31.2. The van der Waals surface area contributed by atoms with E-state index in [0.29, 0.717) is 19.3 Å². The predicted octanol–water partition coefficient (Wildman–Crippen LogP) is 10.6. The molecule has 57 heavy (non-hydrogen) atoms. The first-order valence-corrected chi connectivity index (χ1v) is 23.1. The fourth-order valence-electron chi connectivity index (χ4n) is 6.02. The van der Waals surface area contributed by atoms with Gasteiger partial charge in [-0.3, -0.25) is 18.6 Å². The number of nitrogens with two attached hydrogens (primary N) is 1. The van der Waals surface area contributed by atoms with E-state index in [4.69, 9.17) is 28.7 Å². The molecule has 1 heterocycles. The molecule has 11 nitrogen and oxygen atoms in total. The SMILES string of the molecule is CCCCC/C=C\C/C=C\C/C=C\C=C\[C@H](O)CCCC(=O)O[C@H](COC(=O)CCCCCCCCCCc1oc(CCC)c(C)c1C)COP(=O)(O)OCCN. The van der Waals surface area contributed by atoms with Crippen molar-refractivity contribution in [1.82, 2.24) is 0 Å². The number of esters is 2. The summed E-state index contributed by atoms with van der Waals surface area (Å²) in [5.41, 5.74) is 7.94. The number of ether oxygens (including phenoxy) is 2. The van der Waals surface area contributed by atoms with Crippen molar-refractivity contribution < 1.29 is 47.1 Å². The Kier molecular flexibility index (Phi) is 31.3. The molecule has 0 saturated heterocycles. The normalized spacial score (nSPS) is 14.3. The average molecular weight is 822 g/mol. The van der Waals surface area contributed by atoms with Crippen LogP contribution in [-0.4, -0.2) is 60.5 Å². The Morgan fingerprint density at radius 2 is 1.37 bits per heavy atom. The lowest BCUT2D eigenvalue weighted by Gasteiger charge is -2.20. The molecule has 0 aromatic carbocycles. The van der Waals surface area contributed by atoms with E-state index in [1.807, 2.05) is 12.2 Å². The van der Waals surface area contributed by atoms with E-state index in [1.165, 1.54) is 43.2 Å². The van der Waals surface area contributed by atoms with E-state index in [2.05, 4.69) is 52.0 Å². The van der Waals surface area contributed by atoms with Gasteiger partial charge in [-0.05, 0) is 82.8 Å². The Bertz CT molecular complexity index is 1370. The zero-order valence-electron chi connectivity index (χ0n) is 35.6. The molecule has 3 atom stereocenters. The molecular weight excluding hydrogens is 745 g/mol. The molecule has 326 valence electrons. The summed E-state index contributed by atoms with van der Waals surface area (Å²) < 4.78 is 38.8. The van der Waals surface area contributed by atoms with Gasteiger partial charge >= 0.3 is 19.8 Å². The zero-order chi connectivity index (χ0) is 42.0. The largest absolute Gasteiger partial charge is 0.472 e. The van der Waals surface area contributed by atoms with E-state index < -0.39 is 38.6 Å². The van der Waals surface area contributed by atoms with Gasteiger partial charge < -0.3 is 29.6 Å². The quantitative estimate of drug-likeness (QED) is 0.0194. The lowest BCUT2D eigenvalue weighted by Crippen LogP contribution is -2.29. The van der Waals surface area contributed by atoms with Gasteiger partial charge in [0.1, 0.15) is 18.1 Å². The van der Waals surface area contributed by atoms with Gasteiger partial charge in [-0.25, -0.2) is 4.57 Å². The molecule has 0 saturated carbocycles. The average Bonchev–Trinajstić information content (AvgIpc) is 3.45. The number of rotatable bonds is 36. The summed E-state index contributed by atoms with van der Waals surface area (Å²) in [6.07, 6.45) is 33.1. The van der Waals surface area contributed by atoms with Crippen LogP contribution in [0.2, 0.25) is 0 Å². The van der Waals surface area contributed by atoms with E-state index in [9.17, 15) is 24.2 Å². The lowest BCUT2D eigenvalue weighted by atomic mass is 10.0. The molecule has 0 aliphatic carbocycles. The van der Waals surface area contributed by atoms with Crippen LogP contribution in [0, 0.1) is 13.8 Å². The molecule has 0 fully saturated rings. The standard InChI is InChI=1S/C45H76NO10P/c1-5-7-8-9-10-11-12-13-14-15-18-21-24-29-40(47)30-27-33-45(49)55-41(37-54-57(50,51)53-35-34-46)36-52-44(48)32-26-23-20-17-16-19-22-25-31-43-39(4)38(3)42(56-43)28-6-2/h10-11,13-14,18,21,24,29,40-41,47H,5-9,12,15-17,19-20,22-23,25-28,30-37,46H2,1-4H3,(H,50,51)/b11-10-,14-13-,21-18-,29-24+/t40-,41+/m0/s1. The van der Waals surface area contributed by atoms with Gasteiger partial charge in [0.05, 0.1) is 19.3 Å². The second-order valence-corrected chi connectivity index (χ2v) is 16.1. The fraction of sp³-hybridized carbons (Fsp3) is 0.689. The Morgan fingerprint density at radius 3 is 2.05 bits per heavy atom. The molecule has 1 unspecified atom stereocenters. The first-order valence-electron chi connectivity index (χ1n) is 21.6. The highest BCUT2D eigenvalue weighted by Gasteiger charge is 2.26. The highest BCUT2D eigenvalue weighted by molar-refractivity contribution is 7.47. The number of phosphoric ester groups is 1. The van der Waals surface area contributed by atoms with Gasteiger partial charge in [0.15, 0.2) is 6.10 Å². The first kappa shape index (κ1) is 52.2. The van der Waals surface area contributed by atoms with Gasteiger partial charge in [-0.15, -0.1) is 0 Å². The van der Waals surface area contributed by atoms with E-state index in [1.54, 1.807) is 12.2 Å². The summed E-state index contributed by atoms with van der Waals surface area (Å²) in [6.45, 7) is 7.67. The maximum atomic E-state index is 12.6.